The zero-order chi connectivity index (χ0) is 17.4. The van der Waals surface area contributed by atoms with Crippen LogP contribution in [-0.4, -0.2) is 27.8 Å². The number of hydrogen-bond acceptors (Lipinski definition) is 6. The lowest BCUT2D eigenvalue weighted by Gasteiger charge is -2.13. The highest BCUT2D eigenvalue weighted by Crippen LogP contribution is 2.34. The zero-order valence-electron chi connectivity index (χ0n) is 13.9. The van der Waals surface area contributed by atoms with Crippen LogP contribution in [0.4, 0.5) is 11.6 Å². The van der Waals surface area contributed by atoms with E-state index >= 15 is 0 Å². The predicted molar refractivity (Wildman–Crippen MR) is 98.1 cm³/mol. The summed E-state index contributed by atoms with van der Waals surface area (Å²) < 4.78 is 11.8. The van der Waals surface area contributed by atoms with Gasteiger partial charge in [-0.25, -0.2) is 4.98 Å². The van der Waals surface area contributed by atoms with Crippen LogP contribution in [0.5, 0.6) is 5.88 Å². The van der Waals surface area contributed by atoms with Gasteiger partial charge in [0.2, 0.25) is 5.88 Å². The normalized spacial score (nSPS) is 13.4. The fraction of sp³-hybridized carbons (Fsp3) is 0.278. The molecule has 3 aromatic rings. The topological polar surface area (TPSA) is 64.3 Å². The van der Waals surface area contributed by atoms with E-state index in [0.29, 0.717) is 17.7 Å². The molecule has 0 radical (unpaired) electrons. The van der Waals surface area contributed by atoms with Crippen molar-refractivity contribution >= 4 is 27.6 Å². The quantitative estimate of drug-likeness (QED) is 0.647. The van der Waals surface area contributed by atoms with Crippen LogP contribution in [0.1, 0.15) is 19.4 Å². The van der Waals surface area contributed by atoms with Gasteiger partial charge in [0.1, 0.15) is 0 Å². The first-order chi connectivity index (χ1) is 12.1. The maximum atomic E-state index is 5.63. The molecule has 25 heavy (non-hydrogen) atoms. The van der Waals surface area contributed by atoms with E-state index in [4.69, 9.17) is 9.26 Å². The summed E-state index contributed by atoms with van der Waals surface area (Å²) in [4.78, 5) is 10.9. The average Bonchev–Trinajstić information content (AvgIpc) is 3.22. The van der Waals surface area contributed by atoms with Crippen molar-refractivity contribution < 1.29 is 9.26 Å². The van der Waals surface area contributed by atoms with Crippen molar-refractivity contribution in [3.8, 4) is 17.3 Å². The number of benzene rings is 1. The Morgan fingerprint density at radius 1 is 1.28 bits per heavy atom. The molecule has 128 valence electrons. The Morgan fingerprint density at radius 3 is 2.92 bits per heavy atom. The van der Waals surface area contributed by atoms with Crippen molar-refractivity contribution in [1.82, 2.24) is 15.1 Å². The van der Waals surface area contributed by atoms with E-state index in [1.54, 1.807) is 6.20 Å². The van der Waals surface area contributed by atoms with E-state index in [1.165, 1.54) is 5.56 Å². The second-order valence-electron chi connectivity index (χ2n) is 6.11. The van der Waals surface area contributed by atoms with E-state index in [2.05, 4.69) is 48.1 Å². The van der Waals surface area contributed by atoms with Crippen LogP contribution >= 0.6 is 15.9 Å². The minimum Gasteiger partial charge on any atom is -0.474 e. The molecule has 0 saturated carbocycles. The Kier molecular flexibility index (Phi) is 4.17. The molecule has 0 amide bonds. The molecule has 1 aromatic carbocycles. The molecule has 0 atom stereocenters. The van der Waals surface area contributed by atoms with Crippen LogP contribution in [0.3, 0.4) is 0 Å². The molecular formula is C18H17BrN4O2. The van der Waals surface area contributed by atoms with Crippen LogP contribution in [0.2, 0.25) is 0 Å². The highest BCUT2D eigenvalue weighted by Gasteiger charge is 2.24. The van der Waals surface area contributed by atoms with E-state index in [9.17, 15) is 0 Å². The Balaban J connectivity index is 1.61. The molecule has 3 heterocycles. The second kappa shape index (κ2) is 6.48. The maximum absolute atomic E-state index is 5.63. The molecule has 0 spiro atoms. The van der Waals surface area contributed by atoms with Gasteiger partial charge in [0.05, 0.1) is 16.1 Å². The Hall–Kier alpha value is -2.41. The van der Waals surface area contributed by atoms with Crippen LogP contribution in [0.15, 0.2) is 45.5 Å². The minimum absolute atomic E-state index is 0.0555. The molecule has 2 aromatic heterocycles. The SMILES string of the molecule is CC(C)Oc1ncc(-c2nc(N3CCc4ccccc43)no2)cc1Br. The first-order valence-electron chi connectivity index (χ1n) is 8.13. The summed E-state index contributed by atoms with van der Waals surface area (Å²) in [6.45, 7) is 4.77. The molecule has 4 rings (SSSR count). The number of nitrogens with zero attached hydrogens (tertiary/aromatic N) is 4. The van der Waals surface area contributed by atoms with E-state index in [0.717, 1.165) is 28.7 Å². The van der Waals surface area contributed by atoms with Crippen LogP contribution in [0, 0.1) is 0 Å². The number of halogens is 1. The highest BCUT2D eigenvalue weighted by atomic mass is 79.9. The van der Waals surface area contributed by atoms with Crippen molar-refractivity contribution in [3.05, 3.63) is 46.6 Å². The van der Waals surface area contributed by atoms with Gasteiger partial charge in [0, 0.05) is 18.4 Å². The van der Waals surface area contributed by atoms with Gasteiger partial charge in [-0.15, -0.1) is 0 Å². The minimum atomic E-state index is 0.0555. The molecule has 1 aliphatic heterocycles. The van der Waals surface area contributed by atoms with Gasteiger partial charge < -0.3 is 14.2 Å². The average molecular weight is 401 g/mol. The van der Waals surface area contributed by atoms with Crippen molar-refractivity contribution in [2.24, 2.45) is 0 Å². The number of pyridine rings is 1. The third-order valence-electron chi connectivity index (χ3n) is 3.95. The number of hydrogen-bond donors (Lipinski definition) is 0. The lowest BCUT2D eigenvalue weighted by Crippen LogP contribution is -2.14. The monoisotopic (exact) mass is 400 g/mol. The summed E-state index contributed by atoms with van der Waals surface area (Å²) in [5.74, 6) is 1.55. The summed E-state index contributed by atoms with van der Waals surface area (Å²) in [7, 11) is 0. The van der Waals surface area contributed by atoms with Crippen LogP contribution in [-0.2, 0) is 6.42 Å². The smallest absolute Gasteiger partial charge is 0.270 e. The van der Waals surface area contributed by atoms with Crippen LogP contribution in [0.25, 0.3) is 11.5 Å². The molecule has 0 fully saturated rings. The van der Waals surface area contributed by atoms with E-state index in [-0.39, 0.29) is 6.10 Å². The second-order valence-corrected chi connectivity index (χ2v) is 6.96. The van der Waals surface area contributed by atoms with Crippen molar-refractivity contribution in [2.75, 3.05) is 11.4 Å². The number of fused-ring (bicyclic) bond motifs is 1. The van der Waals surface area contributed by atoms with Gasteiger partial charge in [0.15, 0.2) is 0 Å². The standard InChI is InChI=1S/C18H17BrN4O2/c1-11(2)24-17-14(19)9-13(10-20-17)16-21-18(22-25-16)23-8-7-12-5-3-4-6-15(12)23/h3-6,9-11H,7-8H2,1-2H3. The molecule has 0 saturated heterocycles. The van der Waals surface area contributed by atoms with E-state index < -0.39 is 0 Å². The summed E-state index contributed by atoms with van der Waals surface area (Å²) in [6, 6.07) is 10.2. The zero-order valence-corrected chi connectivity index (χ0v) is 15.5. The molecule has 6 nitrogen and oxygen atoms in total. The van der Waals surface area contributed by atoms with Gasteiger partial charge in [0.25, 0.3) is 11.8 Å². The van der Waals surface area contributed by atoms with E-state index in [1.807, 2.05) is 32.0 Å². The number of rotatable bonds is 4. The fourth-order valence-corrected chi connectivity index (χ4v) is 3.28. The van der Waals surface area contributed by atoms with Gasteiger partial charge in [-0.3, -0.25) is 0 Å². The molecular weight excluding hydrogens is 384 g/mol. The number of anilines is 2. The van der Waals surface area contributed by atoms with Gasteiger partial charge in [-0.05, 0) is 59.1 Å². The molecule has 0 bridgehead atoms. The largest absolute Gasteiger partial charge is 0.474 e. The third-order valence-corrected chi connectivity index (χ3v) is 4.51. The lowest BCUT2D eigenvalue weighted by molar-refractivity contribution is 0.231. The van der Waals surface area contributed by atoms with Gasteiger partial charge in [-0.2, -0.15) is 4.98 Å². The molecule has 7 heteroatoms. The first-order valence-corrected chi connectivity index (χ1v) is 8.93. The summed E-state index contributed by atoms with van der Waals surface area (Å²) in [5.41, 5.74) is 3.18. The Labute approximate surface area is 154 Å². The number of ether oxygens (including phenoxy) is 1. The van der Waals surface area contributed by atoms with Crippen LogP contribution < -0.4 is 9.64 Å². The third kappa shape index (κ3) is 3.11. The van der Waals surface area contributed by atoms with Crippen molar-refractivity contribution in [2.45, 2.75) is 26.4 Å². The first kappa shape index (κ1) is 16.1. The number of para-hydroxylation sites is 1. The Bertz CT molecular complexity index is 910. The fourth-order valence-electron chi connectivity index (χ4n) is 2.84. The lowest BCUT2D eigenvalue weighted by atomic mass is 10.2. The molecule has 0 N–H and O–H groups in total. The molecule has 0 aliphatic carbocycles. The molecule has 1 aliphatic rings. The summed E-state index contributed by atoms with van der Waals surface area (Å²) in [6.07, 6.45) is 2.71. The summed E-state index contributed by atoms with van der Waals surface area (Å²) >= 11 is 3.48. The molecule has 0 unspecified atom stereocenters. The maximum Gasteiger partial charge on any atom is 0.270 e. The van der Waals surface area contributed by atoms with Gasteiger partial charge >= 0.3 is 0 Å². The predicted octanol–water partition coefficient (Wildman–Crippen LogP) is 4.38. The van der Waals surface area contributed by atoms with Gasteiger partial charge in [-0.1, -0.05) is 18.2 Å². The van der Waals surface area contributed by atoms with Crippen molar-refractivity contribution in [3.63, 3.8) is 0 Å². The number of aromatic nitrogens is 3. The van der Waals surface area contributed by atoms with Crippen molar-refractivity contribution in [1.29, 1.82) is 0 Å². The Morgan fingerprint density at radius 2 is 2.12 bits per heavy atom. The highest BCUT2D eigenvalue weighted by molar-refractivity contribution is 9.10. The summed E-state index contributed by atoms with van der Waals surface area (Å²) in [5, 5.41) is 4.14.